The summed E-state index contributed by atoms with van der Waals surface area (Å²) in [5.74, 6) is -0.970. The van der Waals surface area contributed by atoms with Crippen LogP contribution in [0.3, 0.4) is 0 Å². The van der Waals surface area contributed by atoms with Crippen LogP contribution >= 0.6 is 11.3 Å². The molecule has 0 radical (unpaired) electrons. The largest absolute Gasteiger partial charge is 0.478 e. The van der Waals surface area contributed by atoms with Crippen molar-refractivity contribution < 1.29 is 9.90 Å². The first-order valence-electron chi connectivity index (χ1n) is 5.62. The maximum atomic E-state index is 10.8. The van der Waals surface area contributed by atoms with Crippen LogP contribution in [0.5, 0.6) is 0 Å². The van der Waals surface area contributed by atoms with Crippen molar-refractivity contribution in [2.45, 2.75) is 6.92 Å². The SMILES string of the molecule is Cc1ccc(/C=C(/C#N)c2ccc(C(=O)O)cc2)s1. The van der Waals surface area contributed by atoms with Crippen molar-refractivity contribution in [2.24, 2.45) is 0 Å². The van der Waals surface area contributed by atoms with Gasteiger partial charge >= 0.3 is 5.97 Å². The maximum absolute atomic E-state index is 10.8. The van der Waals surface area contributed by atoms with Gasteiger partial charge in [-0.05, 0) is 42.8 Å². The van der Waals surface area contributed by atoms with E-state index in [0.717, 1.165) is 10.4 Å². The summed E-state index contributed by atoms with van der Waals surface area (Å²) in [6, 6.07) is 12.4. The van der Waals surface area contributed by atoms with E-state index in [4.69, 9.17) is 5.11 Å². The van der Waals surface area contributed by atoms with Gasteiger partial charge in [-0.1, -0.05) is 12.1 Å². The number of carboxylic acids is 1. The number of aromatic carboxylic acids is 1. The highest BCUT2D eigenvalue weighted by Crippen LogP contribution is 2.23. The molecule has 0 fully saturated rings. The van der Waals surface area contributed by atoms with E-state index in [1.165, 1.54) is 17.0 Å². The van der Waals surface area contributed by atoms with Gasteiger partial charge < -0.3 is 5.11 Å². The van der Waals surface area contributed by atoms with Gasteiger partial charge in [0.15, 0.2) is 0 Å². The molecule has 94 valence electrons. The molecule has 0 amide bonds. The summed E-state index contributed by atoms with van der Waals surface area (Å²) in [4.78, 5) is 13.0. The molecular formula is C15H11NO2S. The molecule has 2 aromatic rings. The minimum absolute atomic E-state index is 0.216. The maximum Gasteiger partial charge on any atom is 0.335 e. The third kappa shape index (κ3) is 3.09. The Balaban J connectivity index is 2.35. The van der Waals surface area contributed by atoms with E-state index < -0.39 is 5.97 Å². The van der Waals surface area contributed by atoms with E-state index in [1.807, 2.05) is 25.1 Å². The zero-order valence-electron chi connectivity index (χ0n) is 10.3. The molecule has 1 N–H and O–H groups in total. The predicted molar refractivity (Wildman–Crippen MR) is 75.9 cm³/mol. The first-order chi connectivity index (χ1) is 9.10. The van der Waals surface area contributed by atoms with Gasteiger partial charge in [0.2, 0.25) is 0 Å². The third-order valence-electron chi connectivity index (χ3n) is 2.61. The second-order valence-corrected chi connectivity index (χ2v) is 5.32. The third-order valence-corrected chi connectivity index (χ3v) is 3.56. The van der Waals surface area contributed by atoms with Gasteiger partial charge in [-0.25, -0.2) is 4.79 Å². The Morgan fingerprint density at radius 3 is 2.32 bits per heavy atom. The van der Waals surface area contributed by atoms with E-state index in [1.54, 1.807) is 23.5 Å². The molecule has 19 heavy (non-hydrogen) atoms. The number of rotatable bonds is 3. The number of nitriles is 1. The van der Waals surface area contributed by atoms with Crippen LogP contribution < -0.4 is 0 Å². The van der Waals surface area contributed by atoms with Crippen LogP contribution in [0, 0.1) is 18.3 Å². The summed E-state index contributed by atoms with van der Waals surface area (Å²) < 4.78 is 0. The number of hydrogen-bond donors (Lipinski definition) is 1. The van der Waals surface area contributed by atoms with Gasteiger partial charge in [-0.3, -0.25) is 0 Å². The molecule has 1 aromatic heterocycles. The molecular weight excluding hydrogens is 258 g/mol. The molecule has 0 aliphatic rings. The summed E-state index contributed by atoms with van der Waals surface area (Å²) in [6.45, 7) is 2.01. The molecule has 0 spiro atoms. The molecule has 1 heterocycles. The molecule has 3 nitrogen and oxygen atoms in total. The van der Waals surface area contributed by atoms with Gasteiger partial charge in [0.1, 0.15) is 0 Å². The molecule has 0 saturated carbocycles. The Kier molecular flexibility index (Phi) is 3.79. The van der Waals surface area contributed by atoms with E-state index in [2.05, 4.69) is 6.07 Å². The van der Waals surface area contributed by atoms with Crippen LogP contribution in [0.4, 0.5) is 0 Å². The Hall–Kier alpha value is -2.38. The van der Waals surface area contributed by atoms with Crippen molar-refractivity contribution in [1.82, 2.24) is 0 Å². The fraction of sp³-hybridized carbons (Fsp3) is 0.0667. The fourth-order valence-electron chi connectivity index (χ4n) is 1.65. The van der Waals surface area contributed by atoms with Crippen LogP contribution in [0.2, 0.25) is 0 Å². The van der Waals surface area contributed by atoms with Crippen LogP contribution in [0.15, 0.2) is 36.4 Å². The standard InChI is InChI=1S/C15H11NO2S/c1-10-2-7-14(19-10)8-13(9-16)11-3-5-12(6-4-11)15(17)18/h2-8H,1H3,(H,17,18)/b13-8-. The van der Waals surface area contributed by atoms with Crippen molar-refractivity contribution >= 4 is 29.0 Å². The highest BCUT2D eigenvalue weighted by Gasteiger charge is 2.05. The van der Waals surface area contributed by atoms with Gasteiger partial charge in [-0.15, -0.1) is 11.3 Å². The zero-order chi connectivity index (χ0) is 13.8. The summed E-state index contributed by atoms with van der Waals surface area (Å²) in [5.41, 5.74) is 1.46. The number of hydrogen-bond acceptors (Lipinski definition) is 3. The van der Waals surface area contributed by atoms with Crippen molar-refractivity contribution in [3.8, 4) is 6.07 Å². The fourth-order valence-corrected chi connectivity index (χ4v) is 2.47. The molecule has 1 aromatic carbocycles. The van der Waals surface area contributed by atoms with E-state index >= 15 is 0 Å². The monoisotopic (exact) mass is 269 g/mol. The highest BCUT2D eigenvalue weighted by atomic mass is 32.1. The smallest absolute Gasteiger partial charge is 0.335 e. The molecule has 0 atom stereocenters. The Bertz CT molecular complexity index is 675. The summed E-state index contributed by atoms with van der Waals surface area (Å²) in [5, 5.41) is 18.0. The number of carbonyl (C=O) groups is 1. The lowest BCUT2D eigenvalue weighted by Crippen LogP contribution is -1.95. The lowest BCUT2D eigenvalue weighted by molar-refractivity contribution is 0.0697. The predicted octanol–water partition coefficient (Wildman–Crippen LogP) is 3.82. The summed E-state index contributed by atoms with van der Waals surface area (Å²) in [6.07, 6.45) is 1.81. The number of nitrogens with zero attached hydrogens (tertiary/aromatic N) is 1. The van der Waals surface area contributed by atoms with Crippen LogP contribution in [-0.2, 0) is 0 Å². The van der Waals surface area contributed by atoms with Crippen molar-refractivity contribution in [1.29, 1.82) is 5.26 Å². The number of carboxylic acid groups (broad SMARTS) is 1. The Labute approximate surface area is 115 Å². The minimum atomic E-state index is -0.970. The lowest BCUT2D eigenvalue weighted by atomic mass is 10.0. The van der Waals surface area contributed by atoms with Crippen molar-refractivity contribution in [3.63, 3.8) is 0 Å². The molecule has 0 unspecified atom stereocenters. The average molecular weight is 269 g/mol. The second kappa shape index (κ2) is 5.51. The second-order valence-electron chi connectivity index (χ2n) is 4.00. The highest BCUT2D eigenvalue weighted by molar-refractivity contribution is 7.12. The molecule has 4 heteroatoms. The molecule has 2 rings (SSSR count). The van der Waals surface area contributed by atoms with Crippen molar-refractivity contribution in [2.75, 3.05) is 0 Å². The first kappa shape index (κ1) is 13.1. The quantitative estimate of drug-likeness (QED) is 0.862. The van der Waals surface area contributed by atoms with Crippen LogP contribution in [0.1, 0.15) is 25.7 Å². The molecule has 0 aliphatic carbocycles. The van der Waals surface area contributed by atoms with Crippen LogP contribution in [0.25, 0.3) is 11.6 Å². The number of allylic oxidation sites excluding steroid dienone is 1. The van der Waals surface area contributed by atoms with Crippen LogP contribution in [-0.4, -0.2) is 11.1 Å². The molecule has 0 bridgehead atoms. The normalized spacial score (nSPS) is 11.1. The average Bonchev–Trinajstić information content (AvgIpc) is 2.81. The summed E-state index contributed by atoms with van der Waals surface area (Å²) in [7, 11) is 0. The number of benzene rings is 1. The van der Waals surface area contributed by atoms with Gasteiger partial charge in [0.25, 0.3) is 0 Å². The van der Waals surface area contributed by atoms with Gasteiger partial charge in [0.05, 0.1) is 17.2 Å². The lowest BCUT2D eigenvalue weighted by Gasteiger charge is -1.99. The van der Waals surface area contributed by atoms with Gasteiger partial charge in [0, 0.05) is 9.75 Å². The van der Waals surface area contributed by atoms with E-state index in [-0.39, 0.29) is 5.56 Å². The minimum Gasteiger partial charge on any atom is -0.478 e. The Morgan fingerprint density at radius 2 is 1.84 bits per heavy atom. The van der Waals surface area contributed by atoms with Crippen molar-refractivity contribution in [3.05, 3.63) is 57.3 Å². The van der Waals surface area contributed by atoms with Gasteiger partial charge in [-0.2, -0.15) is 5.26 Å². The van der Waals surface area contributed by atoms with E-state index in [0.29, 0.717) is 5.57 Å². The topological polar surface area (TPSA) is 61.1 Å². The number of thiophene rings is 1. The Morgan fingerprint density at radius 1 is 1.21 bits per heavy atom. The van der Waals surface area contributed by atoms with E-state index in [9.17, 15) is 10.1 Å². The number of aryl methyl sites for hydroxylation is 1. The molecule has 0 saturated heterocycles. The first-order valence-corrected chi connectivity index (χ1v) is 6.44. The zero-order valence-corrected chi connectivity index (χ0v) is 11.1. The summed E-state index contributed by atoms with van der Waals surface area (Å²) >= 11 is 1.61. The molecule has 0 aliphatic heterocycles.